The predicted octanol–water partition coefficient (Wildman–Crippen LogP) is 4.03. The Morgan fingerprint density at radius 1 is 1.29 bits per heavy atom. The quantitative estimate of drug-likeness (QED) is 0.851. The van der Waals surface area contributed by atoms with Crippen LogP contribution in [0.3, 0.4) is 0 Å². The number of hydrogen-bond acceptors (Lipinski definition) is 3. The maximum atomic E-state index is 6.08. The first-order chi connectivity index (χ1) is 8.20. The van der Waals surface area contributed by atoms with Gasteiger partial charge in [-0.15, -0.1) is 0 Å². The minimum atomic E-state index is 0.544. The fourth-order valence-corrected chi connectivity index (χ4v) is 2.46. The van der Waals surface area contributed by atoms with Gasteiger partial charge in [0, 0.05) is 13.6 Å². The average Bonchev–Trinajstić information content (AvgIpc) is 2.24. The molecule has 1 heterocycles. The van der Waals surface area contributed by atoms with E-state index in [4.69, 9.17) is 23.2 Å². The third-order valence-corrected chi connectivity index (χ3v) is 3.81. The number of nitrogens with one attached hydrogen (secondary N) is 2. The number of halogens is 2. The van der Waals surface area contributed by atoms with Gasteiger partial charge in [-0.25, -0.2) is 4.98 Å². The molecule has 1 aromatic heterocycles. The van der Waals surface area contributed by atoms with Gasteiger partial charge < -0.3 is 10.6 Å². The van der Waals surface area contributed by atoms with Crippen LogP contribution in [0.25, 0.3) is 0 Å². The highest BCUT2D eigenvalue weighted by Gasteiger charge is 2.17. The van der Waals surface area contributed by atoms with E-state index in [9.17, 15) is 0 Å². The first-order valence-corrected chi connectivity index (χ1v) is 6.74. The molecule has 17 heavy (non-hydrogen) atoms. The molecule has 0 bridgehead atoms. The molecule has 3 nitrogen and oxygen atoms in total. The minimum Gasteiger partial charge on any atom is -0.372 e. The van der Waals surface area contributed by atoms with Crippen molar-refractivity contribution in [2.75, 3.05) is 24.2 Å². The summed E-state index contributed by atoms with van der Waals surface area (Å²) in [4.78, 5) is 4.34. The molecule has 2 N–H and O–H groups in total. The molecule has 0 aliphatic heterocycles. The summed E-state index contributed by atoms with van der Waals surface area (Å²) in [5.74, 6) is 2.25. The molecule has 2 rings (SSSR count). The van der Waals surface area contributed by atoms with Crippen LogP contribution in [0.1, 0.15) is 25.7 Å². The minimum absolute atomic E-state index is 0.544. The smallest absolute Gasteiger partial charge is 0.147 e. The number of nitrogens with zero attached hydrogens (tertiary/aromatic N) is 1. The van der Waals surface area contributed by atoms with Crippen LogP contribution >= 0.6 is 23.2 Å². The van der Waals surface area contributed by atoms with Crippen molar-refractivity contribution < 1.29 is 0 Å². The fraction of sp³-hybridized carbons (Fsp3) is 0.583. The van der Waals surface area contributed by atoms with Crippen molar-refractivity contribution in [2.24, 2.45) is 5.92 Å². The Kier molecular flexibility index (Phi) is 4.35. The number of hydrogen-bond donors (Lipinski definition) is 2. The lowest BCUT2D eigenvalue weighted by Gasteiger charge is -2.25. The van der Waals surface area contributed by atoms with Gasteiger partial charge in [0.2, 0.25) is 0 Å². The Morgan fingerprint density at radius 2 is 2.00 bits per heavy atom. The fourth-order valence-electron chi connectivity index (χ4n) is 1.94. The Hall–Kier alpha value is -0.670. The highest BCUT2D eigenvalue weighted by atomic mass is 35.5. The number of pyridine rings is 1. The molecule has 94 valence electrons. The zero-order chi connectivity index (χ0) is 12.3. The van der Waals surface area contributed by atoms with Crippen molar-refractivity contribution in [3.05, 3.63) is 16.1 Å². The first-order valence-electron chi connectivity index (χ1n) is 5.98. The lowest BCUT2D eigenvalue weighted by Crippen LogP contribution is -2.16. The summed E-state index contributed by atoms with van der Waals surface area (Å²) in [7, 11) is 1.79. The summed E-state index contributed by atoms with van der Waals surface area (Å²) in [5.41, 5.74) is 0. The van der Waals surface area contributed by atoms with Crippen LogP contribution in [0.2, 0.25) is 10.0 Å². The third kappa shape index (κ3) is 3.17. The maximum absolute atomic E-state index is 6.08. The second-order valence-electron chi connectivity index (χ2n) is 4.41. The van der Waals surface area contributed by atoms with Crippen LogP contribution in [0.4, 0.5) is 11.6 Å². The summed E-state index contributed by atoms with van der Waals surface area (Å²) in [6, 6.07) is 1.72. The summed E-state index contributed by atoms with van der Waals surface area (Å²) >= 11 is 12.1. The number of anilines is 2. The third-order valence-electron chi connectivity index (χ3n) is 3.24. The second kappa shape index (κ2) is 5.78. The van der Waals surface area contributed by atoms with Gasteiger partial charge >= 0.3 is 0 Å². The van der Waals surface area contributed by atoms with Crippen LogP contribution in [0, 0.1) is 5.92 Å². The van der Waals surface area contributed by atoms with Gasteiger partial charge in [-0.2, -0.15) is 0 Å². The lowest BCUT2D eigenvalue weighted by molar-refractivity contribution is 0.303. The molecule has 0 atom stereocenters. The van der Waals surface area contributed by atoms with Gasteiger partial charge in [0.25, 0.3) is 0 Å². The average molecular weight is 274 g/mol. The molecular formula is C12H17Cl2N3. The van der Waals surface area contributed by atoms with Crippen molar-refractivity contribution >= 4 is 34.8 Å². The second-order valence-corrected chi connectivity index (χ2v) is 5.23. The Labute approximate surface area is 112 Å². The summed E-state index contributed by atoms with van der Waals surface area (Å²) in [5, 5.41) is 7.33. The van der Waals surface area contributed by atoms with Crippen LogP contribution in [-0.2, 0) is 0 Å². The largest absolute Gasteiger partial charge is 0.372 e. The van der Waals surface area contributed by atoms with E-state index >= 15 is 0 Å². The number of rotatable bonds is 5. The topological polar surface area (TPSA) is 37.0 Å². The van der Waals surface area contributed by atoms with E-state index in [-0.39, 0.29) is 0 Å². The van der Waals surface area contributed by atoms with Crippen molar-refractivity contribution in [1.82, 2.24) is 4.98 Å². The molecule has 1 aliphatic rings. The van der Waals surface area contributed by atoms with E-state index in [1.165, 1.54) is 25.7 Å². The molecule has 0 amide bonds. The summed E-state index contributed by atoms with van der Waals surface area (Å²) in [6.07, 6.45) is 5.31. The van der Waals surface area contributed by atoms with Gasteiger partial charge in [-0.05, 0) is 18.4 Å². The molecule has 1 aromatic rings. The summed E-state index contributed by atoms with van der Waals surface area (Å²) in [6.45, 7) is 0.919. The molecule has 0 aromatic carbocycles. The lowest BCUT2D eigenvalue weighted by atomic mass is 9.83. The van der Waals surface area contributed by atoms with Crippen LogP contribution in [-0.4, -0.2) is 18.6 Å². The highest BCUT2D eigenvalue weighted by molar-refractivity contribution is 6.37. The maximum Gasteiger partial charge on any atom is 0.147 e. The van der Waals surface area contributed by atoms with Crippen LogP contribution in [0.15, 0.2) is 6.07 Å². The van der Waals surface area contributed by atoms with Crippen molar-refractivity contribution in [3.8, 4) is 0 Å². The Balaban J connectivity index is 1.94. The van der Waals surface area contributed by atoms with Crippen molar-refractivity contribution in [2.45, 2.75) is 25.7 Å². The molecule has 0 radical (unpaired) electrons. The Morgan fingerprint density at radius 3 is 2.59 bits per heavy atom. The SMILES string of the molecule is CNc1nc(NCCC2CCC2)c(Cl)cc1Cl. The predicted molar refractivity (Wildman–Crippen MR) is 74.3 cm³/mol. The molecule has 5 heteroatoms. The molecular weight excluding hydrogens is 257 g/mol. The van der Waals surface area contributed by atoms with E-state index in [1.54, 1.807) is 13.1 Å². The summed E-state index contributed by atoms with van der Waals surface area (Å²) < 4.78 is 0. The molecule has 1 fully saturated rings. The highest BCUT2D eigenvalue weighted by Crippen LogP contribution is 2.31. The molecule has 1 aliphatic carbocycles. The van der Waals surface area contributed by atoms with Crippen molar-refractivity contribution in [3.63, 3.8) is 0 Å². The number of aromatic nitrogens is 1. The Bertz CT molecular complexity index is 392. The van der Waals surface area contributed by atoms with Crippen LogP contribution < -0.4 is 10.6 Å². The standard InChI is InChI=1S/C12H17Cl2N3/c1-15-11-9(13)7-10(14)12(17-11)16-6-5-8-3-2-4-8/h7-8H,2-6H2,1H3,(H2,15,16,17). The van der Waals surface area contributed by atoms with Gasteiger partial charge in [0.15, 0.2) is 0 Å². The van der Waals surface area contributed by atoms with Gasteiger partial charge in [0.1, 0.15) is 11.6 Å². The van der Waals surface area contributed by atoms with Crippen molar-refractivity contribution in [1.29, 1.82) is 0 Å². The molecule has 0 spiro atoms. The van der Waals surface area contributed by atoms with E-state index in [0.29, 0.717) is 21.7 Å². The zero-order valence-electron chi connectivity index (χ0n) is 9.89. The monoisotopic (exact) mass is 273 g/mol. The molecule has 1 saturated carbocycles. The van der Waals surface area contributed by atoms with Crippen LogP contribution in [0.5, 0.6) is 0 Å². The van der Waals surface area contributed by atoms with E-state index in [0.717, 1.165) is 12.5 Å². The van der Waals surface area contributed by atoms with Gasteiger partial charge in [-0.1, -0.05) is 42.5 Å². The van der Waals surface area contributed by atoms with Gasteiger partial charge in [-0.3, -0.25) is 0 Å². The zero-order valence-corrected chi connectivity index (χ0v) is 11.4. The van der Waals surface area contributed by atoms with Gasteiger partial charge in [0.05, 0.1) is 10.0 Å². The first kappa shape index (κ1) is 12.8. The van der Waals surface area contributed by atoms with E-state index in [2.05, 4.69) is 15.6 Å². The van der Waals surface area contributed by atoms with E-state index in [1.807, 2.05) is 0 Å². The molecule has 0 saturated heterocycles. The molecule has 0 unspecified atom stereocenters. The normalized spacial score (nSPS) is 15.5. The van der Waals surface area contributed by atoms with E-state index < -0.39 is 0 Å².